The van der Waals surface area contributed by atoms with Crippen LogP contribution in [0.2, 0.25) is 0 Å². The molecule has 2 rings (SSSR count). The first-order valence-corrected chi connectivity index (χ1v) is 7.59. The molecular formula is C17H24N2O2. The van der Waals surface area contributed by atoms with E-state index in [0.29, 0.717) is 13.1 Å². The third-order valence-electron chi connectivity index (χ3n) is 3.73. The lowest BCUT2D eigenvalue weighted by atomic mass is 10.0. The van der Waals surface area contributed by atoms with Crippen LogP contribution in [0.15, 0.2) is 29.4 Å². The minimum absolute atomic E-state index is 0.0174. The third-order valence-corrected chi connectivity index (χ3v) is 3.73. The summed E-state index contributed by atoms with van der Waals surface area (Å²) < 4.78 is 0. The van der Waals surface area contributed by atoms with Gasteiger partial charge in [0.05, 0.1) is 12.3 Å². The summed E-state index contributed by atoms with van der Waals surface area (Å²) in [5, 5.41) is 4.19. The van der Waals surface area contributed by atoms with Gasteiger partial charge in [0.25, 0.3) is 0 Å². The number of oxime groups is 1. The molecule has 0 radical (unpaired) electrons. The maximum Gasteiger partial charge on any atom is 0.225 e. The van der Waals surface area contributed by atoms with Crippen molar-refractivity contribution in [3.63, 3.8) is 0 Å². The van der Waals surface area contributed by atoms with Crippen LogP contribution < -0.4 is 0 Å². The first-order valence-electron chi connectivity index (χ1n) is 7.59. The quantitative estimate of drug-likeness (QED) is 0.836. The number of rotatable bonds is 5. The maximum absolute atomic E-state index is 12.1. The molecule has 0 N–H and O–H groups in total. The second-order valence-electron chi connectivity index (χ2n) is 5.87. The number of nitrogens with zero attached hydrogens (tertiary/aromatic N) is 2. The predicted octanol–water partition coefficient (Wildman–Crippen LogP) is 2.99. The van der Waals surface area contributed by atoms with Gasteiger partial charge in [-0.1, -0.05) is 48.8 Å². The summed E-state index contributed by atoms with van der Waals surface area (Å²) in [5.41, 5.74) is 3.30. The van der Waals surface area contributed by atoms with Gasteiger partial charge in [-0.15, -0.1) is 0 Å². The Labute approximate surface area is 126 Å². The van der Waals surface area contributed by atoms with Crippen LogP contribution in [0.4, 0.5) is 0 Å². The van der Waals surface area contributed by atoms with E-state index in [2.05, 4.69) is 36.3 Å². The topological polar surface area (TPSA) is 41.9 Å². The highest BCUT2D eigenvalue weighted by Gasteiger charge is 2.26. The van der Waals surface area contributed by atoms with Crippen LogP contribution in [0.25, 0.3) is 0 Å². The molecule has 4 nitrogen and oxygen atoms in total. The van der Waals surface area contributed by atoms with Crippen molar-refractivity contribution in [2.45, 2.75) is 40.2 Å². The predicted molar refractivity (Wildman–Crippen MR) is 84.3 cm³/mol. The highest BCUT2D eigenvalue weighted by molar-refractivity contribution is 6.01. The SMILES string of the molecule is CCN(C[C@H]1CC(c2ccc(C)cc2)=NO1)C(=O)C(C)C. The fourth-order valence-corrected chi connectivity index (χ4v) is 2.43. The molecule has 1 aliphatic heterocycles. The average molecular weight is 288 g/mol. The molecule has 0 saturated heterocycles. The number of benzene rings is 1. The lowest BCUT2D eigenvalue weighted by molar-refractivity contribution is -0.136. The number of amides is 1. The van der Waals surface area contributed by atoms with Crippen LogP contribution in [0.1, 0.15) is 38.3 Å². The molecule has 0 fully saturated rings. The van der Waals surface area contributed by atoms with Crippen molar-refractivity contribution in [1.82, 2.24) is 4.90 Å². The van der Waals surface area contributed by atoms with Gasteiger partial charge in [0.15, 0.2) is 6.10 Å². The van der Waals surface area contributed by atoms with Crippen LogP contribution in [0.3, 0.4) is 0 Å². The summed E-state index contributed by atoms with van der Waals surface area (Å²) in [7, 11) is 0. The molecule has 0 aromatic heterocycles. The van der Waals surface area contributed by atoms with Gasteiger partial charge in [-0.2, -0.15) is 0 Å². The van der Waals surface area contributed by atoms with Gasteiger partial charge in [-0.25, -0.2) is 0 Å². The van der Waals surface area contributed by atoms with Crippen molar-refractivity contribution in [1.29, 1.82) is 0 Å². The summed E-state index contributed by atoms with van der Waals surface area (Å²) in [6, 6.07) is 8.28. The zero-order valence-corrected chi connectivity index (χ0v) is 13.3. The van der Waals surface area contributed by atoms with Gasteiger partial charge >= 0.3 is 0 Å². The number of hydrogen-bond donors (Lipinski definition) is 0. The van der Waals surface area contributed by atoms with E-state index in [0.717, 1.165) is 17.7 Å². The van der Waals surface area contributed by atoms with Crippen molar-refractivity contribution in [3.8, 4) is 0 Å². The van der Waals surface area contributed by atoms with Gasteiger partial charge in [0.2, 0.25) is 5.91 Å². The maximum atomic E-state index is 12.1. The van der Waals surface area contributed by atoms with E-state index in [1.807, 2.05) is 25.7 Å². The number of likely N-dealkylation sites (N-methyl/N-ethyl adjacent to an activating group) is 1. The van der Waals surface area contributed by atoms with Crippen LogP contribution in [0, 0.1) is 12.8 Å². The van der Waals surface area contributed by atoms with Crippen molar-refractivity contribution < 1.29 is 9.63 Å². The molecule has 21 heavy (non-hydrogen) atoms. The van der Waals surface area contributed by atoms with Crippen LogP contribution in [-0.2, 0) is 9.63 Å². The largest absolute Gasteiger partial charge is 0.390 e. The first kappa shape index (κ1) is 15.5. The number of aryl methyl sites for hydroxylation is 1. The molecule has 0 saturated carbocycles. The van der Waals surface area contributed by atoms with Crippen LogP contribution in [-0.4, -0.2) is 35.7 Å². The smallest absolute Gasteiger partial charge is 0.225 e. The molecule has 0 spiro atoms. The Kier molecular flexibility index (Phi) is 4.99. The molecule has 114 valence electrons. The average Bonchev–Trinajstić information content (AvgIpc) is 2.93. The molecule has 1 aromatic rings. The Morgan fingerprint density at radius 1 is 1.38 bits per heavy atom. The zero-order valence-electron chi connectivity index (χ0n) is 13.3. The molecule has 1 atom stereocenters. The highest BCUT2D eigenvalue weighted by Crippen LogP contribution is 2.18. The van der Waals surface area contributed by atoms with E-state index < -0.39 is 0 Å². The zero-order chi connectivity index (χ0) is 15.4. The Bertz CT molecular complexity index is 520. The summed E-state index contributed by atoms with van der Waals surface area (Å²) in [6.45, 7) is 9.22. The first-order chi connectivity index (χ1) is 10.0. The van der Waals surface area contributed by atoms with Crippen molar-refractivity contribution in [2.75, 3.05) is 13.1 Å². The van der Waals surface area contributed by atoms with E-state index in [-0.39, 0.29) is 17.9 Å². The summed E-state index contributed by atoms with van der Waals surface area (Å²) >= 11 is 0. The van der Waals surface area contributed by atoms with Crippen molar-refractivity contribution in [2.24, 2.45) is 11.1 Å². The van der Waals surface area contributed by atoms with E-state index >= 15 is 0 Å². The van der Waals surface area contributed by atoms with Gasteiger partial charge in [0, 0.05) is 18.9 Å². The lowest BCUT2D eigenvalue weighted by Gasteiger charge is -2.24. The van der Waals surface area contributed by atoms with Crippen molar-refractivity contribution in [3.05, 3.63) is 35.4 Å². The third kappa shape index (κ3) is 3.84. The Morgan fingerprint density at radius 2 is 2.05 bits per heavy atom. The van der Waals surface area contributed by atoms with Gasteiger partial charge in [-0.3, -0.25) is 4.79 Å². The van der Waals surface area contributed by atoms with E-state index in [1.165, 1.54) is 5.56 Å². The Balaban J connectivity index is 1.95. The van der Waals surface area contributed by atoms with Gasteiger partial charge < -0.3 is 9.74 Å². The minimum Gasteiger partial charge on any atom is -0.390 e. The number of carbonyl (C=O) groups excluding carboxylic acids is 1. The molecule has 4 heteroatoms. The fourth-order valence-electron chi connectivity index (χ4n) is 2.43. The summed E-state index contributed by atoms with van der Waals surface area (Å²) in [6.07, 6.45) is 0.717. The van der Waals surface area contributed by atoms with E-state index in [9.17, 15) is 4.79 Å². The Hall–Kier alpha value is -1.84. The molecule has 1 amide bonds. The molecule has 1 aromatic carbocycles. The number of carbonyl (C=O) groups is 1. The van der Waals surface area contributed by atoms with E-state index in [1.54, 1.807) is 0 Å². The molecule has 0 aliphatic carbocycles. The second kappa shape index (κ2) is 6.74. The van der Waals surface area contributed by atoms with Crippen LogP contribution >= 0.6 is 0 Å². The monoisotopic (exact) mass is 288 g/mol. The fraction of sp³-hybridized carbons (Fsp3) is 0.529. The van der Waals surface area contributed by atoms with Gasteiger partial charge in [-0.05, 0) is 19.4 Å². The molecule has 0 bridgehead atoms. The Morgan fingerprint density at radius 3 is 2.62 bits per heavy atom. The highest BCUT2D eigenvalue weighted by atomic mass is 16.6. The molecule has 0 unspecified atom stereocenters. The lowest BCUT2D eigenvalue weighted by Crippen LogP contribution is -2.39. The summed E-state index contributed by atoms with van der Waals surface area (Å²) in [4.78, 5) is 19.4. The van der Waals surface area contributed by atoms with Gasteiger partial charge in [0.1, 0.15) is 0 Å². The minimum atomic E-state index is -0.0380. The van der Waals surface area contributed by atoms with Crippen LogP contribution in [0.5, 0.6) is 0 Å². The van der Waals surface area contributed by atoms with Crippen molar-refractivity contribution >= 4 is 11.6 Å². The molecular weight excluding hydrogens is 264 g/mol. The van der Waals surface area contributed by atoms with E-state index in [4.69, 9.17) is 4.84 Å². The standard InChI is InChI=1S/C17H24N2O2/c1-5-19(17(20)12(2)3)11-15-10-16(18-21-15)14-8-6-13(4)7-9-14/h6-9,12,15H,5,10-11H2,1-4H3/t15-/m1/s1. The second-order valence-corrected chi connectivity index (χ2v) is 5.87. The normalized spacial score (nSPS) is 17.6. The molecule has 1 aliphatic rings. The molecule has 1 heterocycles. The number of hydrogen-bond acceptors (Lipinski definition) is 3. The summed E-state index contributed by atoms with van der Waals surface area (Å²) in [5.74, 6) is 0.189.